The summed E-state index contributed by atoms with van der Waals surface area (Å²) in [5.41, 5.74) is 1.25. The van der Waals surface area contributed by atoms with Gasteiger partial charge in [-0.25, -0.2) is 0 Å². The highest BCUT2D eigenvalue weighted by Crippen LogP contribution is 2.15. The van der Waals surface area contributed by atoms with Crippen LogP contribution in [0.4, 0.5) is 0 Å². The van der Waals surface area contributed by atoms with Crippen molar-refractivity contribution in [2.24, 2.45) is 4.99 Å². The summed E-state index contributed by atoms with van der Waals surface area (Å²) >= 11 is 1.75. The summed E-state index contributed by atoms with van der Waals surface area (Å²) < 4.78 is 0. The Morgan fingerprint density at radius 2 is 1.74 bits per heavy atom. The number of halogens is 1. The van der Waals surface area contributed by atoms with Crippen molar-refractivity contribution in [3.63, 3.8) is 0 Å². The van der Waals surface area contributed by atoms with E-state index in [1.807, 2.05) is 0 Å². The first kappa shape index (κ1) is 17.7. The molecule has 0 saturated carbocycles. The molecule has 0 atom stereocenters. The highest BCUT2D eigenvalue weighted by molar-refractivity contribution is 14.0. The molecule has 1 aromatic heterocycles. The van der Waals surface area contributed by atoms with Crippen LogP contribution in [-0.2, 0) is 13.1 Å². The molecule has 23 heavy (non-hydrogen) atoms. The molecule has 0 bridgehead atoms. The quantitative estimate of drug-likeness (QED) is 0.361. The fourth-order valence-corrected chi connectivity index (χ4v) is 2.98. The molecule has 0 aliphatic carbocycles. The Labute approximate surface area is 157 Å². The summed E-state index contributed by atoms with van der Waals surface area (Å²) in [5, 5.41) is 11.3. The molecule has 0 radical (unpaired) electrons. The minimum Gasteiger partial charge on any atom is -0.352 e. The summed E-state index contributed by atoms with van der Waals surface area (Å²) in [7, 11) is 1.80. The first-order valence-corrected chi connectivity index (χ1v) is 8.18. The predicted octanol–water partition coefficient (Wildman–Crippen LogP) is 4.38. The smallest absolute Gasteiger partial charge is 0.191 e. The Morgan fingerprint density at radius 3 is 2.48 bits per heavy atom. The van der Waals surface area contributed by atoms with Gasteiger partial charge in [0.25, 0.3) is 0 Å². The Kier molecular flexibility index (Phi) is 6.85. The van der Waals surface area contributed by atoms with Crippen LogP contribution in [0.3, 0.4) is 0 Å². The van der Waals surface area contributed by atoms with Gasteiger partial charge in [0.2, 0.25) is 0 Å². The van der Waals surface area contributed by atoms with E-state index in [0.29, 0.717) is 0 Å². The van der Waals surface area contributed by atoms with Crippen molar-refractivity contribution in [2.75, 3.05) is 7.05 Å². The van der Waals surface area contributed by atoms with Crippen molar-refractivity contribution in [3.8, 4) is 0 Å². The van der Waals surface area contributed by atoms with Gasteiger partial charge in [-0.3, -0.25) is 4.99 Å². The standard InChI is InChI=1S/C18H19N3S.HI/c1-19-18(21-13-17-7-4-10-22-17)20-12-14-8-9-15-5-2-3-6-16(15)11-14;/h2-11H,12-13H2,1H3,(H2,19,20,21);1H. The van der Waals surface area contributed by atoms with Crippen LogP contribution in [0.5, 0.6) is 0 Å². The highest BCUT2D eigenvalue weighted by Gasteiger charge is 2.00. The molecule has 0 aliphatic heterocycles. The molecule has 0 fully saturated rings. The molecule has 3 nitrogen and oxygen atoms in total. The fraction of sp³-hybridized carbons (Fsp3) is 0.167. The number of hydrogen-bond acceptors (Lipinski definition) is 2. The van der Waals surface area contributed by atoms with E-state index in [2.05, 4.69) is 75.6 Å². The topological polar surface area (TPSA) is 36.4 Å². The summed E-state index contributed by atoms with van der Waals surface area (Å²) in [6, 6.07) is 19.1. The van der Waals surface area contributed by atoms with Gasteiger partial charge in [0.05, 0.1) is 6.54 Å². The van der Waals surface area contributed by atoms with Crippen molar-refractivity contribution in [2.45, 2.75) is 13.1 Å². The normalized spacial score (nSPS) is 11.1. The van der Waals surface area contributed by atoms with E-state index in [0.717, 1.165) is 19.0 Å². The Hall–Kier alpha value is -1.60. The van der Waals surface area contributed by atoms with Gasteiger partial charge in [-0.2, -0.15) is 0 Å². The third kappa shape index (κ3) is 4.94. The molecule has 120 valence electrons. The average molecular weight is 437 g/mol. The van der Waals surface area contributed by atoms with Gasteiger partial charge in [-0.1, -0.05) is 42.5 Å². The number of nitrogens with zero attached hydrogens (tertiary/aromatic N) is 1. The van der Waals surface area contributed by atoms with Gasteiger partial charge in [0.1, 0.15) is 0 Å². The predicted molar refractivity (Wildman–Crippen MR) is 111 cm³/mol. The molecule has 0 saturated heterocycles. The lowest BCUT2D eigenvalue weighted by Gasteiger charge is -2.11. The maximum absolute atomic E-state index is 4.26. The van der Waals surface area contributed by atoms with Crippen LogP contribution < -0.4 is 10.6 Å². The third-order valence-electron chi connectivity index (χ3n) is 3.51. The third-order valence-corrected chi connectivity index (χ3v) is 4.38. The van der Waals surface area contributed by atoms with Crippen LogP contribution in [0.25, 0.3) is 10.8 Å². The second kappa shape index (κ2) is 8.88. The van der Waals surface area contributed by atoms with E-state index in [1.54, 1.807) is 18.4 Å². The zero-order valence-electron chi connectivity index (χ0n) is 13.0. The van der Waals surface area contributed by atoms with Crippen LogP contribution in [0.15, 0.2) is 65.0 Å². The molecule has 0 aliphatic rings. The van der Waals surface area contributed by atoms with Crippen molar-refractivity contribution < 1.29 is 0 Å². The zero-order chi connectivity index (χ0) is 15.2. The molecule has 1 heterocycles. The number of benzene rings is 2. The molecular formula is C18H20IN3S. The molecular weight excluding hydrogens is 417 g/mol. The van der Waals surface area contributed by atoms with Crippen LogP contribution in [0.2, 0.25) is 0 Å². The first-order valence-electron chi connectivity index (χ1n) is 7.30. The lowest BCUT2D eigenvalue weighted by Crippen LogP contribution is -2.36. The Balaban J connectivity index is 0.00000192. The first-order chi connectivity index (χ1) is 10.8. The van der Waals surface area contributed by atoms with Gasteiger partial charge >= 0.3 is 0 Å². The highest BCUT2D eigenvalue weighted by atomic mass is 127. The van der Waals surface area contributed by atoms with E-state index in [1.165, 1.54) is 21.2 Å². The number of fused-ring (bicyclic) bond motifs is 1. The maximum atomic E-state index is 4.26. The van der Waals surface area contributed by atoms with Crippen LogP contribution >= 0.6 is 35.3 Å². The van der Waals surface area contributed by atoms with Crippen molar-refractivity contribution in [1.29, 1.82) is 0 Å². The SMILES string of the molecule is CN=C(NCc1ccc2ccccc2c1)NCc1cccs1.I. The van der Waals surface area contributed by atoms with Crippen LogP contribution in [0.1, 0.15) is 10.4 Å². The molecule has 2 aromatic carbocycles. The molecule has 3 aromatic rings. The van der Waals surface area contributed by atoms with E-state index in [-0.39, 0.29) is 24.0 Å². The monoisotopic (exact) mass is 437 g/mol. The van der Waals surface area contributed by atoms with Gasteiger partial charge in [-0.05, 0) is 33.8 Å². The van der Waals surface area contributed by atoms with Crippen molar-refractivity contribution >= 4 is 52.0 Å². The maximum Gasteiger partial charge on any atom is 0.191 e. The number of rotatable bonds is 4. The summed E-state index contributed by atoms with van der Waals surface area (Å²) in [6.07, 6.45) is 0. The van der Waals surface area contributed by atoms with Gasteiger partial charge in [0, 0.05) is 18.5 Å². The van der Waals surface area contributed by atoms with Gasteiger partial charge in [0.15, 0.2) is 5.96 Å². The van der Waals surface area contributed by atoms with Crippen molar-refractivity contribution in [1.82, 2.24) is 10.6 Å². The van der Waals surface area contributed by atoms with E-state index < -0.39 is 0 Å². The van der Waals surface area contributed by atoms with Gasteiger partial charge in [-0.15, -0.1) is 35.3 Å². The number of guanidine groups is 1. The van der Waals surface area contributed by atoms with E-state index in [4.69, 9.17) is 0 Å². The summed E-state index contributed by atoms with van der Waals surface area (Å²) in [4.78, 5) is 5.56. The number of aliphatic imine (C=N–C) groups is 1. The van der Waals surface area contributed by atoms with Crippen LogP contribution in [0, 0.1) is 0 Å². The lowest BCUT2D eigenvalue weighted by atomic mass is 10.1. The number of nitrogens with one attached hydrogen (secondary N) is 2. The average Bonchev–Trinajstić information content (AvgIpc) is 3.08. The molecule has 0 spiro atoms. The molecule has 0 amide bonds. The van der Waals surface area contributed by atoms with E-state index >= 15 is 0 Å². The Morgan fingerprint density at radius 1 is 0.957 bits per heavy atom. The largest absolute Gasteiger partial charge is 0.352 e. The second-order valence-corrected chi connectivity index (χ2v) is 6.07. The summed E-state index contributed by atoms with van der Waals surface area (Å²) in [5.74, 6) is 0.821. The minimum absolute atomic E-state index is 0. The van der Waals surface area contributed by atoms with E-state index in [9.17, 15) is 0 Å². The minimum atomic E-state index is 0. The van der Waals surface area contributed by atoms with Gasteiger partial charge < -0.3 is 10.6 Å². The number of thiophene rings is 1. The Bertz CT molecular complexity index is 769. The van der Waals surface area contributed by atoms with Crippen LogP contribution in [-0.4, -0.2) is 13.0 Å². The second-order valence-electron chi connectivity index (χ2n) is 5.04. The molecule has 5 heteroatoms. The fourth-order valence-electron chi connectivity index (χ4n) is 2.34. The summed E-state index contributed by atoms with van der Waals surface area (Å²) in [6.45, 7) is 1.56. The lowest BCUT2D eigenvalue weighted by molar-refractivity contribution is 0.816. The molecule has 2 N–H and O–H groups in total. The molecule has 0 unspecified atom stereocenters. The zero-order valence-corrected chi connectivity index (χ0v) is 16.1. The number of hydrogen-bond donors (Lipinski definition) is 2. The van der Waals surface area contributed by atoms with Crippen molar-refractivity contribution in [3.05, 3.63) is 70.4 Å². The molecule has 3 rings (SSSR count).